The van der Waals surface area contributed by atoms with Crippen LogP contribution in [0.3, 0.4) is 0 Å². The van der Waals surface area contributed by atoms with Crippen molar-refractivity contribution in [2.75, 3.05) is 24.7 Å². The van der Waals surface area contributed by atoms with Gasteiger partial charge in [0.25, 0.3) is 10.0 Å². The number of nitrogens with one attached hydrogen (secondary N) is 1. The summed E-state index contributed by atoms with van der Waals surface area (Å²) in [6.07, 6.45) is 0. The fourth-order valence-corrected chi connectivity index (χ4v) is 4.60. The van der Waals surface area contributed by atoms with Crippen LogP contribution in [0, 0.1) is 6.92 Å². The fourth-order valence-electron chi connectivity index (χ4n) is 2.41. The molecule has 0 aliphatic rings. The number of aryl methyl sites for hydroxylation is 1. The van der Waals surface area contributed by atoms with E-state index in [0.29, 0.717) is 0 Å². The lowest BCUT2D eigenvalue weighted by Crippen LogP contribution is -2.17. The second-order valence-electron chi connectivity index (χ2n) is 5.86. The Hall–Kier alpha value is -2.59. The first kappa shape index (κ1) is 21.7. The Morgan fingerprint density at radius 1 is 1.04 bits per heavy atom. The lowest BCUT2D eigenvalue weighted by Gasteiger charge is -2.16. The number of carbonyl (C=O) groups is 1. The van der Waals surface area contributed by atoms with Gasteiger partial charge in [-0.3, -0.25) is 4.72 Å². The normalized spacial score (nSPS) is 11.7. The van der Waals surface area contributed by atoms with Crippen molar-refractivity contribution in [1.29, 1.82) is 0 Å². The van der Waals surface area contributed by atoms with E-state index in [2.05, 4.69) is 9.46 Å². The summed E-state index contributed by atoms with van der Waals surface area (Å²) in [5, 5.41) is 0. The van der Waals surface area contributed by atoms with Crippen LogP contribution in [0.5, 0.6) is 5.75 Å². The third-order valence-corrected chi connectivity index (χ3v) is 7.15. The van der Waals surface area contributed by atoms with Gasteiger partial charge in [0.1, 0.15) is 11.3 Å². The molecule has 152 valence electrons. The second kappa shape index (κ2) is 8.19. The summed E-state index contributed by atoms with van der Waals surface area (Å²) in [4.78, 5) is 11.6. The summed E-state index contributed by atoms with van der Waals surface area (Å²) in [5.74, 6) is -1.13. The summed E-state index contributed by atoms with van der Waals surface area (Å²) in [6.45, 7) is 3.22. The number of esters is 1. The number of carbonyl (C=O) groups excluding carboxylic acids is 1. The van der Waals surface area contributed by atoms with Crippen LogP contribution in [-0.2, 0) is 24.6 Å². The molecular weight excluding hydrogens is 406 g/mol. The smallest absolute Gasteiger partial charge is 0.341 e. The molecule has 0 saturated carbocycles. The quantitative estimate of drug-likeness (QED) is 0.675. The van der Waals surface area contributed by atoms with E-state index in [1.807, 2.05) is 6.92 Å². The van der Waals surface area contributed by atoms with Crippen molar-refractivity contribution in [2.24, 2.45) is 0 Å². The van der Waals surface area contributed by atoms with Gasteiger partial charge in [-0.05, 0) is 25.1 Å². The summed E-state index contributed by atoms with van der Waals surface area (Å²) in [6, 6.07) is 8.27. The van der Waals surface area contributed by atoms with Crippen LogP contribution in [0.2, 0.25) is 0 Å². The third kappa shape index (κ3) is 4.45. The molecule has 0 aliphatic heterocycles. The van der Waals surface area contributed by atoms with E-state index in [0.717, 1.165) is 24.8 Å². The summed E-state index contributed by atoms with van der Waals surface area (Å²) in [7, 11) is -5.53. The zero-order valence-corrected chi connectivity index (χ0v) is 17.5. The lowest BCUT2D eigenvalue weighted by atomic mass is 10.2. The third-order valence-electron chi connectivity index (χ3n) is 4.00. The highest BCUT2D eigenvalue weighted by molar-refractivity contribution is 7.93. The van der Waals surface area contributed by atoms with Crippen LogP contribution in [-0.4, -0.2) is 42.8 Å². The Kier molecular flexibility index (Phi) is 6.35. The Morgan fingerprint density at radius 3 is 2.14 bits per heavy atom. The predicted molar refractivity (Wildman–Crippen MR) is 104 cm³/mol. The van der Waals surface area contributed by atoms with Gasteiger partial charge >= 0.3 is 5.97 Å². The minimum absolute atomic E-state index is 0.0245. The van der Waals surface area contributed by atoms with Gasteiger partial charge in [-0.2, -0.15) is 0 Å². The Balaban J connectivity index is 2.68. The van der Waals surface area contributed by atoms with Gasteiger partial charge in [0.05, 0.1) is 35.5 Å². The first-order chi connectivity index (χ1) is 13.1. The number of methoxy groups -OCH3 is 2. The Morgan fingerprint density at radius 2 is 1.64 bits per heavy atom. The van der Waals surface area contributed by atoms with Crippen molar-refractivity contribution in [3.8, 4) is 5.75 Å². The molecule has 0 amide bonds. The largest absolute Gasteiger partial charge is 0.496 e. The number of benzene rings is 2. The molecule has 10 heteroatoms. The molecule has 0 bridgehead atoms. The number of ether oxygens (including phenoxy) is 2. The molecule has 0 fully saturated rings. The predicted octanol–water partition coefficient (Wildman–Crippen LogP) is 2.38. The zero-order chi connectivity index (χ0) is 21.1. The second-order valence-corrected chi connectivity index (χ2v) is 9.79. The van der Waals surface area contributed by atoms with E-state index in [1.54, 1.807) is 12.1 Å². The van der Waals surface area contributed by atoms with Crippen molar-refractivity contribution in [3.63, 3.8) is 0 Å². The van der Waals surface area contributed by atoms with Crippen LogP contribution >= 0.6 is 0 Å². The maximum absolute atomic E-state index is 12.7. The van der Waals surface area contributed by atoms with E-state index >= 15 is 0 Å². The monoisotopic (exact) mass is 427 g/mol. The molecular formula is C18H21NO7S2. The van der Waals surface area contributed by atoms with Gasteiger partial charge in [0.15, 0.2) is 9.84 Å². The minimum Gasteiger partial charge on any atom is -0.496 e. The SMILES string of the molecule is CCS(=O)(=O)c1cc(C(=O)OC)c(OC)cc1NS(=O)(=O)c1ccc(C)cc1. The molecule has 0 heterocycles. The fraction of sp³-hybridized carbons (Fsp3) is 0.278. The first-order valence-electron chi connectivity index (χ1n) is 8.18. The number of hydrogen-bond donors (Lipinski definition) is 1. The molecule has 0 spiro atoms. The van der Waals surface area contributed by atoms with Crippen molar-refractivity contribution in [2.45, 2.75) is 23.6 Å². The van der Waals surface area contributed by atoms with Crippen molar-refractivity contribution >= 4 is 31.5 Å². The topological polar surface area (TPSA) is 116 Å². The van der Waals surface area contributed by atoms with E-state index in [4.69, 9.17) is 4.74 Å². The van der Waals surface area contributed by atoms with E-state index in [9.17, 15) is 21.6 Å². The average molecular weight is 428 g/mol. The molecule has 8 nitrogen and oxygen atoms in total. The van der Waals surface area contributed by atoms with Crippen molar-refractivity contribution in [1.82, 2.24) is 0 Å². The van der Waals surface area contributed by atoms with Crippen LogP contribution in [0.1, 0.15) is 22.8 Å². The molecule has 2 rings (SSSR count). The molecule has 0 atom stereocenters. The highest BCUT2D eigenvalue weighted by atomic mass is 32.2. The Bertz CT molecular complexity index is 1090. The van der Waals surface area contributed by atoms with Crippen molar-refractivity contribution in [3.05, 3.63) is 47.5 Å². The highest BCUT2D eigenvalue weighted by Gasteiger charge is 2.26. The molecule has 0 unspecified atom stereocenters. The number of rotatable bonds is 7. The van der Waals surface area contributed by atoms with Crippen molar-refractivity contribution < 1.29 is 31.1 Å². The maximum Gasteiger partial charge on any atom is 0.341 e. The molecule has 0 aliphatic carbocycles. The average Bonchev–Trinajstić information content (AvgIpc) is 2.66. The molecule has 2 aromatic rings. The standard InChI is InChI=1S/C18H21NO7S2/c1-5-27(21,22)17-10-14(18(20)26-4)16(25-3)11-15(17)19-28(23,24)13-8-6-12(2)7-9-13/h6-11,19H,5H2,1-4H3. The summed E-state index contributed by atoms with van der Waals surface area (Å²) >= 11 is 0. The number of anilines is 1. The number of sulfone groups is 1. The Labute approximate surface area is 164 Å². The van der Waals surface area contributed by atoms with Gasteiger partial charge in [0.2, 0.25) is 0 Å². The molecule has 28 heavy (non-hydrogen) atoms. The zero-order valence-electron chi connectivity index (χ0n) is 15.8. The van der Waals surface area contributed by atoms with E-state index in [-0.39, 0.29) is 32.5 Å². The van der Waals surface area contributed by atoms with Crippen LogP contribution in [0.15, 0.2) is 46.2 Å². The number of hydrogen-bond acceptors (Lipinski definition) is 7. The van der Waals surface area contributed by atoms with Gasteiger partial charge < -0.3 is 9.47 Å². The van der Waals surface area contributed by atoms with Gasteiger partial charge in [-0.1, -0.05) is 24.6 Å². The first-order valence-corrected chi connectivity index (χ1v) is 11.3. The molecule has 2 aromatic carbocycles. The van der Waals surface area contributed by atoms with Gasteiger partial charge in [-0.15, -0.1) is 0 Å². The maximum atomic E-state index is 12.7. The van der Waals surface area contributed by atoms with Crippen LogP contribution in [0.25, 0.3) is 0 Å². The summed E-state index contributed by atoms with van der Waals surface area (Å²) in [5.41, 5.74) is 0.527. The van der Waals surface area contributed by atoms with Crippen LogP contribution < -0.4 is 9.46 Å². The molecule has 1 N–H and O–H groups in total. The molecule has 0 saturated heterocycles. The molecule has 0 aromatic heterocycles. The number of sulfonamides is 1. The molecule has 0 radical (unpaired) electrons. The highest BCUT2D eigenvalue weighted by Crippen LogP contribution is 2.33. The van der Waals surface area contributed by atoms with E-state index in [1.165, 1.54) is 26.2 Å². The minimum atomic E-state index is -4.07. The van der Waals surface area contributed by atoms with E-state index < -0.39 is 25.8 Å². The van der Waals surface area contributed by atoms with Gasteiger partial charge in [-0.25, -0.2) is 21.6 Å². The van der Waals surface area contributed by atoms with Gasteiger partial charge in [0, 0.05) is 6.07 Å². The summed E-state index contributed by atoms with van der Waals surface area (Å²) < 4.78 is 62.5. The lowest BCUT2D eigenvalue weighted by molar-refractivity contribution is 0.0597. The van der Waals surface area contributed by atoms with Crippen LogP contribution in [0.4, 0.5) is 5.69 Å².